The normalized spacial score (nSPS) is 17.2. The van der Waals surface area contributed by atoms with Crippen molar-refractivity contribution in [3.63, 3.8) is 0 Å². The first-order chi connectivity index (χ1) is 10.7. The number of hydrogen-bond acceptors (Lipinski definition) is 2. The first-order valence-corrected chi connectivity index (χ1v) is 8.29. The Morgan fingerprint density at radius 1 is 1.23 bits per heavy atom. The summed E-state index contributed by atoms with van der Waals surface area (Å²) in [6.45, 7) is 0.487. The van der Waals surface area contributed by atoms with Gasteiger partial charge in [0.15, 0.2) is 0 Å². The van der Waals surface area contributed by atoms with Crippen LogP contribution in [0.5, 0.6) is 0 Å². The summed E-state index contributed by atoms with van der Waals surface area (Å²) in [6, 6.07) is 6.29. The molecule has 0 spiro atoms. The van der Waals surface area contributed by atoms with E-state index in [0.717, 1.165) is 18.4 Å². The summed E-state index contributed by atoms with van der Waals surface area (Å²) < 4.78 is 12.9. The van der Waals surface area contributed by atoms with Crippen LogP contribution < -0.4 is 5.32 Å². The summed E-state index contributed by atoms with van der Waals surface area (Å²) >= 11 is 0. The fourth-order valence-corrected chi connectivity index (χ4v) is 3.14. The van der Waals surface area contributed by atoms with Crippen molar-refractivity contribution >= 4 is 5.91 Å². The number of nitrogens with one attached hydrogen (secondary N) is 1. The van der Waals surface area contributed by atoms with Gasteiger partial charge in [-0.2, -0.15) is 0 Å². The fourth-order valence-electron chi connectivity index (χ4n) is 3.14. The Kier molecular flexibility index (Phi) is 6.84. The van der Waals surface area contributed by atoms with Gasteiger partial charge >= 0.3 is 0 Å². The number of hydrogen-bond donors (Lipinski definition) is 2. The zero-order chi connectivity index (χ0) is 15.8. The van der Waals surface area contributed by atoms with Gasteiger partial charge in [0.25, 0.3) is 0 Å². The van der Waals surface area contributed by atoms with Gasteiger partial charge in [-0.25, -0.2) is 4.39 Å². The number of carbonyl (C=O) groups excluding carboxylic acids is 1. The van der Waals surface area contributed by atoms with Crippen LogP contribution in [0.15, 0.2) is 24.3 Å². The smallest absolute Gasteiger partial charge is 0.220 e. The molecule has 4 heteroatoms. The van der Waals surface area contributed by atoms with Gasteiger partial charge in [-0.1, -0.05) is 31.4 Å². The van der Waals surface area contributed by atoms with E-state index in [2.05, 4.69) is 5.32 Å². The standard InChI is InChI=1S/C18H26FNO2/c19-17-8-6-15(7-9-17)10-16(13-21)12-20-18(22)11-14-4-2-1-3-5-14/h6-9,14,16,21H,1-5,10-13H2,(H,20,22)/t16-/m1/s1. The predicted molar refractivity (Wildman–Crippen MR) is 84.9 cm³/mol. The van der Waals surface area contributed by atoms with Gasteiger partial charge in [0.2, 0.25) is 5.91 Å². The number of amides is 1. The molecule has 3 nitrogen and oxygen atoms in total. The largest absolute Gasteiger partial charge is 0.396 e. The highest BCUT2D eigenvalue weighted by Gasteiger charge is 2.18. The van der Waals surface area contributed by atoms with E-state index in [-0.39, 0.29) is 24.2 Å². The number of rotatable bonds is 7. The number of carbonyl (C=O) groups is 1. The quantitative estimate of drug-likeness (QED) is 0.813. The molecule has 0 saturated heterocycles. The number of benzene rings is 1. The zero-order valence-corrected chi connectivity index (χ0v) is 13.1. The third-order valence-corrected chi connectivity index (χ3v) is 4.48. The van der Waals surface area contributed by atoms with Crippen LogP contribution in [0, 0.1) is 17.7 Å². The summed E-state index contributed by atoms with van der Waals surface area (Å²) in [6.07, 6.45) is 7.33. The minimum atomic E-state index is -0.259. The summed E-state index contributed by atoms with van der Waals surface area (Å²) in [5, 5.41) is 12.4. The van der Waals surface area contributed by atoms with Crippen LogP contribution in [-0.2, 0) is 11.2 Å². The average Bonchev–Trinajstić information content (AvgIpc) is 2.54. The monoisotopic (exact) mass is 307 g/mol. The van der Waals surface area contributed by atoms with E-state index in [9.17, 15) is 14.3 Å². The molecular weight excluding hydrogens is 281 g/mol. The fraction of sp³-hybridized carbons (Fsp3) is 0.611. The number of aliphatic hydroxyl groups is 1. The molecule has 0 radical (unpaired) electrons. The van der Waals surface area contributed by atoms with Crippen LogP contribution in [0.4, 0.5) is 4.39 Å². The second-order valence-electron chi connectivity index (χ2n) is 6.39. The highest BCUT2D eigenvalue weighted by molar-refractivity contribution is 5.76. The van der Waals surface area contributed by atoms with Crippen molar-refractivity contribution < 1.29 is 14.3 Å². The molecule has 1 fully saturated rings. The lowest BCUT2D eigenvalue weighted by atomic mass is 9.87. The van der Waals surface area contributed by atoms with E-state index in [4.69, 9.17) is 0 Å². The van der Waals surface area contributed by atoms with Crippen molar-refractivity contribution in [2.75, 3.05) is 13.2 Å². The summed E-state index contributed by atoms with van der Waals surface area (Å²) in [7, 11) is 0. The molecule has 1 aliphatic carbocycles. The third-order valence-electron chi connectivity index (χ3n) is 4.48. The van der Waals surface area contributed by atoms with Gasteiger partial charge in [-0.15, -0.1) is 0 Å². The molecule has 0 heterocycles. The van der Waals surface area contributed by atoms with Crippen LogP contribution in [0.3, 0.4) is 0 Å². The van der Waals surface area contributed by atoms with Crippen molar-refractivity contribution in [3.8, 4) is 0 Å². The molecular formula is C18H26FNO2. The lowest BCUT2D eigenvalue weighted by molar-refractivity contribution is -0.122. The summed E-state index contributed by atoms with van der Waals surface area (Å²) in [4.78, 5) is 12.0. The molecule has 0 bridgehead atoms. The molecule has 0 unspecified atom stereocenters. The molecule has 22 heavy (non-hydrogen) atoms. The van der Waals surface area contributed by atoms with E-state index in [1.807, 2.05) is 0 Å². The maximum absolute atomic E-state index is 12.9. The molecule has 1 aliphatic rings. The number of halogens is 1. The van der Waals surface area contributed by atoms with Crippen molar-refractivity contribution in [2.24, 2.45) is 11.8 Å². The number of aliphatic hydroxyl groups excluding tert-OH is 1. The Hall–Kier alpha value is -1.42. The Labute approximate surface area is 131 Å². The van der Waals surface area contributed by atoms with E-state index in [1.54, 1.807) is 12.1 Å². The first-order valence-electron chi connectivity index (χ1n) is 8.29. The molecule has 1 aromatic rings. The first kappa shape index (κ1) is 16.9. The van der Waals surface area contributed by atoms with E-state index in [1.165, 1.54) is 31.4 Å². The SMILES string of the molecule is O=C(CC1CCCCC1)NC[C@H](CO)Cc1ccc(F)cc1. The highest BCUT2D eigenvalue weighted by Crippen LogP contribution is 2.26. The van der Waals surface area contributed by atoms with Gasteiger partial charge in [0.1, 0.15) is 5.82 Å². The predicted octanol–water partition coefficient (Wildman–Crippen LogP) is 3.06. The highest BCUT2D eigenvalue weighted by atomic mass is 19.1. The topological polar surface area (TPSA) is 49.3 Å². The second-order valence-corrected chi connectivity index (χ2v) is 6.39. The van der Waals surface area contributed by atoms with Crippen LogP contribution in [0.25, 0.3) is 0 Å². The minimum Gasteiger partial charge on any atom is -0.396 e. The molecule has 2 N–H and O–H groups in total. The van der Waals surface area contributed by atoms with Crippen molar-refractivity contribution in [1.82, 2.24) is 5.32 Å². The molecule has 0 aromatic heterocycles. The molecule has 122 valence electrons. The maximum Gasteiger partial charge on any atom is 0.220 e. The van der Waals surface area contributed by atoms with Crippen LogP contribution in [-0.4, -0.2) is 24.2 Å². The molecule has 1 atom stereocenters. The van der Waals surface area contributed by atoms with Gasteiger partial charge < -0.3 is 10.4 Å². The molecule has 2 rings (SSSR count). The third kappa shape index (κ3) is 5.76. The maximum atomic E-state index is 12.9. The molecule has 0 aliphatic heterocycles. The second kappa shape index (κ2) is 8.89. The van der Waals surface area contributed by atoms with Gasteiger partial charge in [-0.3, -0.25) is 4.79 Å². The van der Waals surface area contributed by atoms with E-state index in [0.29, 0.717) is 25.3 Å². The minimum absolute atomic E-state index is 0.0150. The zero-order valence-electron chi connectivity index (χ0n) is 13.1. The molecule has 1 amide bonds. The van der Waals surface area contributed by atoms with Crippen LogP contribution in [0.1, 0.15) is 44.1 Å². The Balaban J connectivity index is 1.72. The van der Waals surface area contributed by atoms with Crippen molar-refractivity contribution in [1.29, 1.82) is 0 Å². The Morgan fingerprint density at radius 3 is 2.55 bits per heavy atom. The summed E-state index contributed by atoms with van der Waals surface area (Å²) in [5.74, 6) is 0.328. The van der Waals surface area contributed by atoms with E-state index >= 15 is 0 Å². The van der Waals surface area contributed by atoms with Crippen molar-refractivity contribution in [3.05, 3.63) is 35.6 Å². The van der Waals surface area contributed by atoms with Crippen LogP contribution in [0.2, 0.25) is 0 Å². The van der Waals surface area contributed by atoms with Gasteiger partial charge in [-0.05, 0) is 42.9 Å². The lowest BCUT2D eigenvalue weighted by Gasteiger charge is -2.21. The van der Waals surface area contributed by atoms with Gasteiger partial charge in [0, 0.05) is 25.5 Å². The van der Waals surface area contributed by atoms with Gasteiger partial charge in [0.05, 0.1) is 0 Å². The van der Waals surface area contributed by atoms with Crippen LogP contribution >= 0.6 is 0 Å². The Morgan fingerprint density at radius 2 is 1.91 bits per heavy atom. The average molecular weight is 307 g/mol. The lowest BCUT2D eigenvalue weighted by Crippen LogP contribution is -2.33. The van der Waals surface area contributed by atoms with Crippen molar-refractivity contribution in [2.45, 2.75) is 44.9 Å². The molecule has 1 aromatic carbocycles. The van der Waals surface area contributed by atoms with E-state index < -0.39 is 0 Å². The molecule has 1 saturated carbocycles. The summed E-state index contributed by atoms with van der Waals surface area (Å²) in [5.41, 5.74) is 0.974. The Bertz CT molecular complexity index is 455.